The van der Waals surface area contributed by atoms with Crippen LogP contribution in [0.3, 0.4) is 0 Å². The fraction of sp³-hybridized carbons (Fsp3) is 0.200. The minimum atomic E-state index is 0.740. The fourth-order valence-electron chi connectivity index (χ4n) is 0.683. The van der Waals surface area contributed by atoms with Gasteiger partial charge in [-0.15, -0.1) is 13.2 Å². The van der Waals surface area contributed by atoms with Crippen LogP contribution in [0.15, 0.2) is 43.5 Å². The van der Waals surface area contributed by atoms with Gasteiger partial charge < -0.3 is 4.74 Å². The minimum absolute atomic E-state index is 0.740. The lowest BCUT2D eigenvalue weighted by Gasteiger charge is -1.99. The third-order valence-corrected chi connectivity index (χ3v) is 1.05. The molecule has 11 heavy (non-hydrogen) atoms. The van der Waals surface area contributed by atoms with Gasteiger partial charge in [-0.2, -0.15) is 0 Å². The Bertz CT molecular complexity index is 169. The van der Waals surface area contributed by atoms with E-state index in [0.717, 1.165) is 12.4 Å². The van der Waals surface area contributed by atoms with Gasteiger partial charge in [-0.25, -0.2) is 0 Å². The summed E-state index contributed by atoms with van der Waals surface area (Å²) in [6.45, 7) is 8.72. The predicted molar refractivity (Wildman–Crippen MR) is 48.9 cm³/mol. The Balaban J connectivity index is 0.000000461. The molecular weight excluding hydrogens is 136 g/mol. The maximum Gasteiger partial charge on any atom is 0.119 e. The van der Waals surface area contributed by atoms with Crippen LogP contribution in [0, 0.1) is 0 Å². The van der Waals surface area contributed by atoms with E-state index in [-0.39, 0.29) is 0 Å². The van der Waals surface area contributed by atoms with Crippen LogP contribution < -0.4 is 4.74 Å². The lowest BCUT2D eigenvalue weighted by Crippen LogP contribution is -1.89. The molecule has 0 saturated heterocycles. The summed E-state index contributed by atoms with van der Waals surface area (Å²) in [5.74, 6) is 0.944. The van der Waals surface area contributed by atoms with E-state index in [0.29, 0.717) is 0 Å². The summed E-state index contributed by atoms with van der Waals surface area (Å²) in [7, 11) is 0. The van der Waals surface area contributed by atoms with Crippen molar-refractivity contribution in [3.05, 3.63) is 43.5 Å². The standard InChI is InChI=1S/C8H10O.C2H4/c1-2-9-8-6-4-3-5-7-8;1-2/h3-7H,2H2,1H3;1-2H2. The Morgan fingerprint density at radius 1 is 1.18 bits per heavy atom. The minimum Gasteiger partial charge on any atom is -0.494 e. The van der Waals surface area contributed by atoms with Crippen molar-refractivity contribution in [3.8, 4) is 5.75 Å². The molecule has 1 rings (SSSR count). The van der Waals surface area contributed by atoms with Gasteiger partial charge in [0, 0.05) is 0 Å². The van der Waals surface area contributed by atoms with Crippen LogP contribution in [0.2, 0.25) is 0 Å². The molecule has 0 fully saturated rings. The maximum absolute atomic E-state index is 5.21. The van der Waals surface area contributed by atoms with Gasteiger partial charge >= 0.3 is 0 Å². The number of rotatable bonds is 2. The Labute approximate surface area is 68.3 Å². The van der Waals surface area contributed by atoms with Crippen molar-refractivity contribution in [1.82, 2.24) is 0 Å². The van der Waals surface area contributed by atoms with Crippen LogP contribution in [0.4, 0.5) is 0 Å². The molecule has 0 N–H and O–H groups in total. The zero-order chi connectivity index (χ0) is 8.53. The normalized spacial score (nSPS) is 7.73. The van der Waals surface area contributed by atoms with Crippen molar-refractivity contribution in [2.45, 2.75) is 6.92 Å². The quantitative estimate of drug-likeness (QED) is 0.589. The number of ether oxygens (including phenoxy) is 1. The third kappa shape index (κ3) is 4.20. The number of hydrogen-bond donors (Lipinski definition) is 0. The van der Waals surface area contributed by atoms with Crippen molar-refractivity contribution in [2.24, 2.45) is 0 Å². The highest BCUT2D eigenvalue weighted by atomic mass is 16.5. The number of hydrogen-bond acceptors (Lipinski definition) is 1. The van der Waals surface area contributed by atoms with E-state index in [1.807, 2.05) is 37.3 Å². The highest BCUT2D eigenvalue weighted by Crippen LogP contribution is 2.06. The highest BCUT2D eigenvalue weighted by molar-refractivity contribution is 5.20. The fourth-order valence-corrected chi connectivity index (χ4v) is 0.683. The molecule has 1 aromatic carbocycles. The van der Waals surface area contributed by atoms with E-state index in [2.05, 4.69) is 13.2 Å². The molecule has 0 saturated carbocycles. The molecule has 0 amide bonds. The predicted octanol–water partition coefficient (Wildman–Crippen LogP) is 2.89. The van der Waals surface area contributed by atoms with Gasteiger partial charge in [0.05, 0.1) is 6.61 Å². The van der Waals surface area contributed by atoms with Crippen LogP contribution in [0.5, 0.6) is 5.75 Å². The van der Waals surface area contributed by atoms with Crippen LogP contribution >= 0.6 is 0 Å². The lowest BCUT2D eigenvalue weighted by molar-refractivity contribution is 0.340. The zero-order valence-corrected chi connectivity index (χ0v) is 6.92. The second kappa shape index (κ2) is 6.87. The van der Waals surface area contributed by atoms with E-state index in [1.54, 1.807) is 0 Å². The topological polar surface area (TPSA) is 9.23 Å². The Morgan fingerprint density at radius 2 is 1.73 bits per heavy atom. The maximum atomic E-state index is 5.21. The Kier molecular flexibility index (Phi) is 6.10. The van der Waals surface area contributed by atoms with E-state index in [9.17, 15) is 0 Å². The summed E-state index contributed by atoms with van der Waals surface area (Å²) in [5, 5.41) is 0. The molecule has 0 atom stereocenters. The summed E-state index contributed by atoms with van der Waals surface area (Å²) in [4.78, 5) is 0. The van der Waals surface area contributed by atoms with Crippen molar-refractivity contribution in [1.29, 1.82) is 0 Å². The van der Waals surface area contributed by atoms with Crippen molar-refractivity contribution in [2.75, 3.05) is 6.61 Å². The molecule has 0 unspecified atom stereocenters. The molecule has 0 aliphatic carbocycles. The molecule has 0 aliphatic rings. The molecular formula is C10H14O. The Morgan fingerprint density at radius 3 is 2.18 bits per heavy atom. The molecule has 1 heteroatoms. The van der Waals surface area contributed by atoms with Crippen LogP contribution in [0.1, 0.15) is 6.92 Å². The van der Waals surface area contributed by atoms with Gasteiger partial charge in [0.1, 0.15) is 5.75 Å². The molecule has 0 aromatic heterocycles. The first-order chi connectivity index (χ1) is 5.43. The van der Waals surface area contributed by atoms with Crippen molar-refractivity contribution >= 4 is 0 Å². The van der Waals surface area contributed by atoms with Gasteiger partial charge in [0.15, 0.2) is 0 Å². The molecule has 0 aliphatic heterocycles. The molecule has 0 heterocycles. The number of para-hydroxylation sites is 1. The largest absolute Gasteiger partial charge is 0.494 e. The zero-order valence-electron chi connectivity index (χ0n) is 6.92. The van der Waals surface area contributed by atoms with Crippen molar-refractivity contribution < 1.29 is 4.74 Å². The van der Waals surface area contributed by atoms with Gasteiger partial charge in [0.2, 0.25) is 0 Å². The smallest absolute Gasteiger partial charge is 0.119 e. The molecule has 0 spiro atoms. The summed E-state index contributed by atoms with van der Waals surface area (Å²) in [5.41, 5.74) is 0. The molecule has 60 valence electrons. The molecule has 0 bridgehead atoms. The SMILES string of the molecule is C=C.CCOc1ccccc1. The van der Waals surface area contributed by atoms with Crippen LogP contribution in [-0.2, 0) is 0 Å². The molecule has 1 nitrogen and oxygen atoms in total. The highest BCUT2D eigenvalue weighted by Gasteiger charge is 1.83. The summed E-state index contributed by atoms with van der Waals surface area (Å²) >= 11 is 0. The van der Waals surface area contributed by atoms with Gasteiger partial charge in [-0.1, -0.05) is 18.2 Å². The first kappa shape index (κ1) is 9.76. The molecule has 1 aromatic rings. The van der Waals surface area contributed by atoms with E-state index >= 15 is 0 Å². The van der Waals surface area contributed by atoms with E-state index in [1.165, 1.54) is 0 Å². The first-order valence-electron chi connectivity index (χ1n) is 3.61. The average molecular weight is 150 g/mol. The van der Waals surface area contributed by atoms with E-state index < -0.39 is 0 Å². The Hall–Kier alpha value is -1.24. The first-order valence-corrected chi connectivity index (χ1v) is 3.61. The van der Waals surface area contributed by atoms with E-state index in [4.69, 9.17) is 4.74 Å². The second-order valence-electron chi connectivity index (χ2n) is 1.75. The average Bonchev–Trinajstić information content (AvgIpc) is 2.11. The van der Waals surface area contributed by atoms with Gasteiger partial charge in [-0.3, -0.25) is 0 Å². The van der Waals surface area contributed by atoms with Crippen LogP contribution in [0.25, 0.3) is 0 Å². The second-order valence-corrected chi connectivity index (χ2v) is 1.75. The number of benzene rings is 1. The monoisotopic (exact) mass is 150 g/mol. The summed E-state index contributed by atoms with van der Waals surface area (Å²) in [6.07, 6.45) is 0. The van der Waals surface area contributed by atoms with Gasteiger partial charge in [0.25, 0.3) is 0 Å². The summed E-state index contributed by atoms with van der Waals surface area (Å²) in [6, 6.07) is 9.80. The molecule has 0 radical (unpaired) electrons. The van der Waals surface area contributed by atoms with Crippen LogP contribution in [-0.4, -0.2) is 6.61 Å². The third-order valence-electron chi connectivity index (χ3n) is 1.05. The lowest BCUT2D eigenvalue weighted by atomic mass is 10.3. The summed E-state index contributed by atoms with van der Waals surface area (Å²) < 4.78 is 5.21. The van der Waals surface area contributed by atoms with Gasteiger partial charge in [-0.05, 0) is 19.1 Å². The van der Waals surface area contributed by atoms with Crippen molar-refractivity contribution in [3.63, 3.8) is 0 Å².